The Morgan fingerprint density at radius 3 is 2.36 bits per heavy atom. The van der Waals surface area contributed by atoms with Gasteiger partial charge in [-0.15, -0.1) is 0 Å². The third kappa shape index (κ3) is 3.93. The molecule has 4 rings (SSSR count). The lowest BCUT2D eigenvalue weighted by Crippen LogP contribution is -2.47. The van der Waals surface area contributed by atoms with Crippen molar-refractivity contribution in [2.75, 3.05) is 41.3 Å². The maximum Gasteiger partial charge on any atom is 0.255 e. The standard InChI is InChI=1S/C21H22N6O/c1-16-5-2-3-6-18(16)25-20(28)17-7-10-22-19(15-17)26-11-13-27(14-12-26)21-23-8-4-9-24-21/h2-10,15H,11-14H2,1H3,(H,25,28). The molecule has 0 atom stereocenters. The van der Waals surface area contributed by atoms with Gasteiger partial charge < -0.3 is 15.1 Å². The lowest BCUT2D eigenvalue weighted by atomic mass is 10.2. The molecule has 2 aromatic heterocycles. The summed E-state index contributed by atoms with van der Waals surface area (Å²) in [7, 11) is 0. The number of nitrogens with zero attached hydrogens (tertiary/aromatic N) is 5. The van der Waals surface area contributed by atoms with E-state index in [4.69, 9.17) is 0 Å². The molecule has 3 aromatic rings. The van der Waals surface area contributed by atoms with Gasteiger partial charge in [0, 0.05) is 56.0 Å². The van der Waals surface area contributed by atoms with Gasteiger partial charge in [0.2, 0.25) is 5.95 Å². The molecule has 1 amide bonds. The predicted octanol–water partition coefficient (Wildman–Crippen LogP) is 2.76. The summed E-state index contributed by atoms with van der Waals surface area (Å²) in [6, 6.07) is 13.2. The monoisotopic (exact) mass is 374 g/mol. The van der Waals surface area contributed by atoms with E-state index < -0.39 is 0 Å². The molecule has 0 aliphatic carbocycles. The average molecular weight is 374 g/mol. The zero-order valence-electron chi connectivity index (χ0n) is 15.7. The lowest BCUT2D eigenvalue weighted by molar-refractivity contribution is 0.102. The Morgan fingerprint density at radius 1 is 0.893 bits per heavy atom. The maximum atomic E-state index is 12.7. The number of carbonyl (C=O) groups excluding carboxylic acids is 1. The maximum absolute atomic E-state index is 12.7. The van der Waals surface area contributed by atoms with E-state index >= 15 is 0 Å². The normalized spacial score (nSPS) is 14.0. The summed E-state index contributed by atoms with van der Waals surface area (Å²) >= 11 is 0. The van der Waals surface area contributed by atoms with Crippen LogP contribution >= 0.6 is 0 Å². The molecule has 0 spiro atoms. The molecule has 0 radical (unpaired) electrons. The number of aromatic nitrogens is 3. The Morgan fingerprint density at radius 2 is 1.61 bits per heavy atom. The van der Waals surface area contributed by atoms with Gasteiger partial charge >= 0.3 is 0 Å². The SMILES string of the molecule is Cc1ccccc1NC(=O)c1ccnc(N2CCN(c3ncccn3)CC2)c1. The first kappa shape index (κ1) is 17.9. The summed E-state index contributed by atoms with van der Waals surface area (Å²) in [5, 5.41) is 2.98. The molecular weight excluding hydrogens is 352 g/mol. The van der Waals surface area contributed by atoms with Crippen LogP contribution in [-0.2, 0) is 0 Å². The lowest BCUT2D eigenvalue weighted by Gasteiger charge is -2.35. The molecule has 7 nitrogen and oxygen atoms in total. The molecule has 0 bridgehead atoms. The number of amides is 1. The fourth-order valence-electron chi connectivity index (χ4n) is 3.23. The van der Waals surface area contributed by atoms with E-state index in [0.717, 1.165) is 49.2 Å². The number of benzene rings is 1. The molecule has 7 heteroatoms. The highest BCUT2D eigenvalue weighted by atomic mass is 16.1. The molecule has 28 heavy (non-hydrogen) atoms. The second-order valence-electron chi connectivity index (χ2n) is 6.69. The smallest absolute Gasteiger partial charge is 0.255 e. The number of nitrogens with one attached hydrogen (secondary N) is 1. The van der Waals surface area contributed by atoms with E-state index in [1.54, 1.807) is 24.7 Å². The van der Waals surface area contributed by atoms with Gasteiger partial charge in [0.05, 0.1) is 0 Å². The Bertz CT molecular complexity index is 954. The summed E-state index contributed by atoms with van der Waals surface area (Å²) in [4.78, 5) is 30.1. The van der Waals surface area contributed by atoms with E-state index in [9.17, 15) is 4.79 Å². The summed E-state index contributed by atoms with van der Waals surface area (Å²) in [6.07, 6.45) is 5.20. The van der Waals surface area contributed by atoms with Crippen LogP contribution in [0.4, 0.5) is 17.5 Å². The number of aryl methyl sites for hydroxylation is 1. The first-order valence-corrected chi connectivity index (χ1v) is 9.31. The largest absolute Gasteiger partial charge is 0.353 e. The number of piperazine rings is 1. The first-order valence-electron chi connectivity index (χ1n) is 9.31. The number of anilines is 3. The van der Waals surface area contributed by atoms with Crippen LogP contribution in [0.5, 0.6) is 0 Å². The van der Waals surface area contributed by atoms with Gasteiger partial charge in [-0.2, -0.15) is 0 Å². The van der Waals surface area contributed by atoms with Crippen molar-refractivity contribution in [2.45, 2.75) is 6.92 Å². The molecule has 1 saturated heterocycles. The van der Waals surface area contributed by atoms with Crippen molar-refractivity contribution >= 4 is 23.4 Å². The van der Waals surface area contributed by atoms with Crippen LogP contribution in [0.15, 0.2) is 61.1 Å². The number of para-hydroxylation sites is 1. The molecule has 0 unspecified atom stereocenters. The minimum Gasteiger partial charge on any atom is -0.353 e. The average Bonchev–Trinajstić information content (AvgIpc) is 2.76. The second kappa shape index (κ2) is 8.04. The summed E-state index contributed by atoms with van der Waals surface area (Å²) < 4.78 is 0. The summed E-state index contributed by atoms with van der Waals surface area (Å²) in [5.74, 6) is 1.43. The number of hydrogen-bond donors (Lipinski definition) is 1. The predicted molar refractivity (Wildman–Crippen MR) is 110 cm³/mol. The summed E-state index contributed by atoms with van der Waals surface area (Å²) in [5.41, 5.74) is 2.45. The van der Waals surface area contributed by atoms with Gasteiger partial charge in [-0.25, -0.2) is 15.0 Å². The van der Waals surface area contributed by atoms with E-state index in [1.807, 2.05) is 43.3 Å². The molecule has 3 heterocycles. The Balaban J connectivity index is 1.43. The second-order valence-corrected chi connectivity index (χ2v) is 6.69. The molecule has 1 aromatic carbocycles. The Kier molecular flexibility index (Phi) is 5.14. The van der Waals surface area contributed by atoms with Crippen LogP contribution in [0.1, 0.15) is 15.9 Å². The topological polar surface area (TPSA) is 74.2 Å². The Hall–Kier alpha value is -3.48. The van der Waals surface area contributed by atoms with Crippen molar-refractivity contribution in [3.63, 3.8) is 0 Å². The zero-order valence-corrected chi connectivity index (χ0v) is 15.7. The van der Waals surface area contributed by atoms with Crippen LogP contribution in [-0.4, -0.2) is 47.0 Å². The Labute approximate surface area is 164 Å². The number of hydrogen-bond acceptors (Lipinski definition) is 6. The third-order valence-electron chi connectivity index (χ3n) is 4.84. The van der Waals surface area contributed by atoms with E-state index in [0.29, 0.717) is 5.56 Å². The number of pyridine rings is 1. The van der Waals surface area contributed by atoms with Gasteiger partial charge in [-0.05, 0) is 36.8 Å². The van der Waals surface area contributed by atoms with Crippen LogP contribution < -0.4 is 15.1 Å². The molecule has 0 saturated carbocycles. The minimum absolute atomic E-state index is 0.130. The molecule has 1 fully saturated rings. The van der Waals surface area contributed by atoms with Crippen molar-refractivity contribution < 1.29 is 4.79 Å². The fourth-order valence-corrected chi connectivity index (χ4v) is 3.23. The van der Waals surface area contributed by atoms with Crippen molar-refractivity contribution in [3.05, 3.63) is 72.2 Å². The van der Waals surface area contributed by atoms with E-state index in [-0.39, 0.29) is 5.91 Å². The van der Waals surface area contributed by atoms with E-state index in [2.05, 4.69) is 30.1 Å². The van der Waals surface area contributed by atoms with Crippen molar-refractivity contribution in [2.24, 2.45) is 0 Å². The van der Waals surface area contributed by atoms with Crippen molar-refractivity contribution in [3.8, 4) is 0 Å². The van der Waals surface area contributed by atoms with Crippen LogP contribution in [0.2, 0.25) is 0 Å². The number of carbonyl (C=O) groups is 1. The fraction of sp³-hybridized carbons (Fsp3) is 0.238. The highest BCUT2D eigenvalue weighted by molar-refractivity contribution is 6.05. The van der Waals surface area contributed by atoms with Crippen LogP contribution in [0.25, 0.3) is 0 Å². The molecular formula is C21H22N6O. The van der Waals surface area contributed by atoms with E-state index in [1.165, 1.54) is 0 Å². The van der Waals surface area contributed by atoms with Gasteiger partial charge in [-0.1, -0.05) is 18.2 Å². The van der Waals surface area contributed by atoms with Gasteiger partial charge in [-0.3, -0.25) is 4.79 Å². The van der Waals surface area contributed by atoms with Gasteiger partial charge in [0.25, 0.3) is 5.91 Å². The van der Waals surface area contributed by atoms with Crippen LogP contribution in [0, 0.1) is 6.92 Å². The molecule has 142 valence electrons. The molecule has 1 aliphatic heterocycles. The molecule has 1 N–H and O–H groups in total. The van der Waals surface area contributed by atoms with Gasteiger partial charge in [0.1, 0.15) is 5.82 Å². The highest BCUT2D eigenvalue weighted by Gasteiger charge is 2.20. The summed E-state index contributed by atoms with van der Waals surface area (Å²) in [6.45, 7) is 5.20. The van der Waals surface area contributed by atoms with Crippen molar-refractivity contribution in [1.29, 1.82) is 0 Å². The zero-order chi connectivity index (χ0) is 19.3. The minimum atomic E-state index is -0.130. The third-order valence-corrected chi connectivity index (χ3v) is 4.84. The quantitative estimate of drug-likeness (QED) is 0.757. The van der Waals surface area contributed by atoms with Gasteiger partial charge in [0.15, 0.2) is 0 Å². The number of rotatable bonds is 4. The van der Waals surface area contributed by atoms with Crippen LogP contribution in [0.3, 0.4) is 0 Å². The van der Waals surface area contributed by atoms with Crippen molar-refractivity contribution in [1.82, 2.24) is 15.0 Å². The molecule has 1 aliphatic rings. The highest BCUT2D eigenvalue weighted by Crippen LogP contribution is 2.19. The first-order chi connectivity index (χ1) is 13.7.